The number of nitrogens with one attached hydrogen (secondary N) is 1. The summed E-state index contributed by atoms with van der Waals surface area (Å²) in [5.41, 5.74) is 1.40. The van der Waals surface area contributed by atoms with Crippen LogP contribution in [-0.2, 0) is 17.8 Å². The van der Waals surface area contributed by atoms with Crippen molar-refractivity contribution < 1.29 is 14.6 Å². The Morgan fingerprint density at radius 3 is 2.78 bits per heavy atom. The molecule has 1 atom stereocenters. The molecule has 2 aromatic heterocycles. The lowest BCUT2D eigenvalue weighted by atomic mass is 10.1. The monoisotopic (exact) mass is 455 g/mol. The van der Waals surface area contributed by atoms with E-state index < -0.39 is 12.1 Å². The van der Waals surface area contributed by atoms with Crippen LogP contribution < -0.4 is 5.56 Å². The van der Waals surface area contributed by atoms with Gasteiger partial charge in [0.1, 0.15) is 22.1 Å². The summed E-state index contributed by atoms with van der Waals surface area (Å²) >= 11 is 1.16. The van der Waals surface area contributed by atoms with Crippen molar-refractivity contribution in [3.05, 3.63) is 75.2 Å². The lowest BCUT2D eigenvalue weighted by Gasteiger charge is -2.24. The number of nitrogens with zero attached hydrogens (tertiary/aromatic N) is 2. The van der Waals surface area contributed by atoms with Crippen LogP contribution in [0.2, 0.25) is 0 Å². The normalized spacial score (nSPS) is 12.2. The van der Waals surface area contributed by atoms with Gasteiger partial charge in [-0.3, -0.25) is 9.69 Å². The van der Waals surface area contributed by atoms with Crippen LogP contribution in [0.5, 0.6) is 0 Å². The van der Waals surface area contributed by atoms with Crippen LogP contribution in [0.1, 0.15) is 46.4 Å². The van der Waals surface area contributed by atoms with E-state index in [1.54, 1.807) is 6.92 Å². The Hall–Kier alpha value is -2.81. The highest BCUT2D eigenvalue weighted by atomic mass is 32.1. The number of thiophene rings is 1. The van der Waals surface area contributed by atoms with Gasteiger partial charge in [-0.15, -0.1) is 11.3 Å². The molecular weight excluding hydrogens is 426 g/mol. The van der Waals surface area contributed by atoms with Crippen LogP contribution >= 0.6 is 11.3 Å². The number of hydrogen-bond acceptors (Lipinski definition) is 7. The van der Waals surface area contributed by atoms with E-state index in [4.69, 9.17) is 4.74 Å². The molecule has 0 aliphatic carbocycles. The Bertz CT molecular complexity index is 1120. The maximum absolute atomic E-state index is 12.8. The van der Waals surface area contributed by atoms with E-state index in [1.807, 2.05) is 37.3 Å². The number of rotatable bonds is 11. The number of ether oxygens (including phenoxy) is 1. The third-order valence-electron chi connectivity index (χ3n) is 5.08. The molecule has 3 rings (SSSR count). The second-order valence-corrected chi connectivity index (χ2v) is 8.73. The molecule has 8 heteroatoms. The van der Waals surface area contributed by atoms with Crippen molar-refractivity contribution in [3.8, 4) is 0 Å². The van der Waals surface area contributed by atoms with Crippen molar-refractivity contribution in [1.82, 2.24) is 14.9 Å². The minimum Gasteiger partial charge on any atom is -0.457 e. The van der Waals surface area contributed by atoms with Crippen molar-refractivity contribution in [3.63, 3.8) is 0 Å². The molecule has 0 amide bonds. The maximum Gasteiger partial charge on any atom is 0.348 e. The van der Waals surface area contributed by atoms with E-state index in [2.05, 4.69) is 21.4 Å². The minimum atomic E-state index is -0.486. The number of carbonyl (C=O) groups is 1. The van der Waals surface area contributed by atoms with Gasteiger partial charge in [0.05, 0.1) is 18.0 Å². The minimum absolute atomic E-state index is 0.107. The molecule has 170 valence electrons. The number of H-pyrrole nitrogens is 1. The molecule has 2 N–H and O–H groups in total. The van der Waals surface area contributed by atoms with Gasteiger partial charge in [0.25, 0.3) is 5.56 Å². The molecule has 0 bridgehead atoms. The molecule has 7 nitrogen and oxygen atoms in total. The molecule has 1 aromatic carbocycles. The Morgan fingerprint density at radius 1 is 1.34 bits per heavy atom. The highest BCUT2D eigenvalue weighted by molar-refractivity contribution is 7.20. The van der Waals surface area contributed by atoms with E-state index in [0.717, 1.165) is 23.3 Å². The maximum atomic E-state index is 12.8. The predicted molar refractivity (Wildman–Crippen MR) is 127 cm³/mol. The smallest absolute Gasteiger partial charge is 0.348 e. The number of hydrogen-bond donors (Lipinski definition) is 2. The van der Waals surface area contributed by atoms with Crippen LogP contribution in [0.25, 0.3) is 10.2 Å². The van der Waals surface area contributed by atoms with Crippen molar-refractivity contribution in [2.45, 2.75) is 45.9 Å². The molecule has 32 heavy (non-hydrogen) atoms. The zero-order valence-corrected chi connectivity index (χ0v) is 19.3. The lowest BCUT2D eigenvalue weighted by Crippen LogP contribution is -2.33. The summed E-state index contributed by atoms with van der Waals surface area (Å²) in [6.45, 7) is 8.86. The molecule has 0 aliphatic rings. The van der Waals surface area contributed by atoms with Crippen LogP contribution in [0.15, 0.2) is 47.8 Å². The molecular formula is C24H29N3O4S. The van der Waals surface area contributed by atoms with Gasteiger partial charge in [0.2, 0.25) is 0 Å². The van der Waals surface area contributed by atoms with Gasteiger partial charge in [-0.25, -0.2) is 9.78 Å². The predicted octanol–water partition coefficient (Wildman–Crippen LogP) is 3.80. The summed E-state index contributed by atoms with van der Waals surface area (Å²) in [6.07, 6.45) is 2.63. The van der Waals surface area contributed by atoms with Crippen molar-refractivity contribution in [2.24, 2.45) is 0 Å². The molecule has 0 fully saturated rings. The first-order valence-electron chi connectivity index (χ1n) is 10.7. The van der Waals surface area contributed by atoms with Gasteiger partial charge < -0.3 is 14.8 Å². The Kier molecular flexibility index (Phi) is 8.33. The molecule has 0 saturated carbocycles. The molecule has 0 aliphatic heterocycles. The molecule has 0 spiro atoms. The van der Waals surface area contributed by atoms with Crippen molar-refractivity contribution in [1.29, 1.82) is 0 Å². The number of aliphatic hydroxyl groups is 1. The second kappa shape index (κ2) is 11.2. The number of aromatic amines is 1. The van der Waals surface area contributed by atoms with E-state index in [1.165, 1.54) is 6.08 Å². The second-order valence-electron chi connectivity index (χ2n) is 7.73. The van der Waals surface area contributed by atoms with E-state index in [-0.39, 0.29) is 12.2 Å². The largest absolute Gasteiger partial charge is 0.457 e. The summed E-state index contributed by atoms with van der Waals surface area (Å²) < 4.78 is 5.13. The average molecular weight is 456 g/mol. The third kappa shape index (κ3) is 5.91. The van der Waals surface area contributed by atoms with Crippen LogP contribution in [0.4, 0.5) is 0 Å². The summed E-state index contributed by atoms with van der Waals surface area (Å²) in [4.78, 5) is 35.6. The fraction of sp³-hybridized carbons (Fsp3) is 0.375. The average Bonchev–Trinajstić information content (AvgIpc) is 3.09. The number of aryl methyl sites for hydroxylation is 1. The van der Waals surface area contributed by atoms with Crippen LogP contribution in [0, 0.1) is 6.92 Å². The fourth-order valence-electron chi connectivity index (χ4n) is 3.62. The summed E-state index contributed by atoms with van der Waals surface area (Å²) in [7, 11) is 0. The molecule has 0 radical (unpaired) electrons. The number of carbonyl (C=O) groups excluding carboxylic acids is 1. The van der Waals surface area contributed by atoms with Crippen molar-refractivity contribution in [2.75, 3.05) is 13.2 Å². The first-order valence-corrected chi connectivity index (χ1v) is 11.5. The van der Waals surface area contributed by atoms with Gasteiger partial charge in [-0.1, -0.05) is 56.3 Å². The summed E-state index contributed by atoms with van der Waals surface area (Å²) in [6, 6.07) is 9.97. The topological polar surface area (TPSA) is 95.5 Å². The van der Waals surface area contributed by atoms with E-state index in [0.29, 0.717) is 52.5 Å². The number of esters is 1. The van der Waals surface area contributed by atoms with E-state index in [9.17, 15) is 14.7 Å². The van der Waals surface area contributed by atoms with Crippen molar-refractivity contribution >= 4 is 27.5 Å². The SMILES string of the molecule is C=CCOC(=O)c1sc2nc(CN(Cc3ccccc3)CC(O)CCC)[nH]c(=O)c2c1C. The third-order valence-corrected chi connectivity index (χ3v) is 6.25. The highest BCUT2D eigenvalue weighted by Crippen LogP contribution is 2.28. The Labute approximate surface area is 191 Å². The quantitative estimate of drug-likeness (QED) is 0.337. The number of fused-ring (bicyclic) bond motifs is 1. The molecule has 1 unspecified atom stereocenters. The standard InChI is InChI=1S/C24H29N3O4S/c1-4-9-18(28)14-27(13-17-10-7-6-8-11-17)15-19-25-22(29)20-16(3)21(32-23(20)26-19)24(30)31-12-5-2/h5-8,10-11,18,28H,2,4,9,12-15H2,1,3H3,(H,25,26,29). The highest BCUT2D eigenvalue weighted by Gasteiger charge is 2.21. The van der Waals surface area contributed by atoms with Crippen LogP contribution in [0.3, 0.4) is 0 Å². The van der Waals surface area contributed by atoms with Gasteiger partial charge in [-0.2, -0.15) is 0 Å². The molecule has 3 aromatic rings. The first kappa shape index (κ1) is 23.8. The zero-order chi connectivity index (χ0) is 23.1. The Morgan fingerprint density at radius 2 is 2.09 bits per heavy atom. The summed E-state index contributed by atoms with van der Waals surface area (Å²) in [5, 5.41) is 10.8. The number of aromatic nitrogens is 2. The Balaban J connectivity index is 1.88. The number of benzene rings is 1. The molecule has 0 saturated heterocycles. The fourth-order valence-corrected chi connectivity index (χ4v) is 4.71. The summed E-state index contributed by atoms with van der Waals surface area (Å²) in [5.74, 6) is 0.00845. The van der Waals surface area contributed by atoms with Gasteiger partial charge >= 0.3 is 5.97 Å². The number of aliphatic hydroxyl groups excluding tert-OH is 1. The van der Waals surface area contributed by atoms with E-state index >= 15 is 0 Å². The zero-order valence-electron chi connectivity index (χ0n) is 18.5. The first-order chi connectivity index (χ1) is 15.4. The van der Waals surface area contributed by atoms with Crippen LogP contribution in [-0.4, -0.2) is 45.2 Å². The lowest BCUT2D eigenvalue weighted by molar-refractivity contribution is 0.0554. The van der Waals surface area contributed by atoms with Gasteiger partial charge in [0.15, 0.2) is 0 Å². The van der Waals surface area contributed by atoms with Gasteiger partial charge in [0, 0.05) is 13.1 Å². The van der Waals surface area contributed by atoms with Gasteiger partial charge in [-0.05, 0) is 24.5 Å². The molecule has 2 heterocycles.